The largest absolute Gasteiger partial charge is 0.480 e. The maximum atomic E-state index is 11.0. The van der Waals surface area contributed by atoms with Crippen LogP contribution in [0.5, 0.6) is 0 Å². The highest BCUT2D eigenvalue weighted by molar-refractivity contribution is 5.88. The lowest BCUT2D eigenvalue weighted by atomic mass is 10.1. The SMILES string of the molecule is N[C@@H](CC(=CC=Cc1ccc([N+](=O)[O-])cc1)C(=O)O)C(=O)O. The van der Waals surface area contributed by atoms with Gasteiger partial charge in [-0.15, -0.1) is 0 Å². The molecule has 0 radical (unpaired) electrons. The second-order valence-corrected chi connectivity index (χ2v) is 4.35. The number of hydrogen-bond donors (Lipinski definition) is 3. The number of carbonyl (C=O) groups is 2. The second kappa shape index (κ2) is 7.70. The van der Waals surface area contributed by atoms with Crippen LogP contribution in [-0.2, 0) is 9.59 Å². The van der Waals surface area contributed by atoms with Crippen molar-refractivity contribution in [2.75, 3.05) is 0 Å². The number of nitrogens with zero attached hydrogens (tertiary/aromatic N) is 1. The predicted molar refractivity (Wildman–Crippen MR) is 78.1 cm³/mol. The molecular weight excluding hydrogens is 292 g/mol. The van der Waals surface area contributed by atoms with Gasteiger partial charge in [-0.25, -0.2) is 4.79 Å². The molecule has 0 spiro atoms. The number of non-ortho nitro benzene ring substituents is 1. The van der Waals surface area contributed by atoms with E-state index in [1.807, 2.05) is 0 Å². The van der Waals surface area contributed by atoms with Gasteiger partial charge in [0.25, 0.3) is 5.69 Å². The van der Waals surface area contributed by atoms with Gasteiger partial charge in [0.2, 0.25) is 0 Å². The van der Waals surface area contributed by atoms with Crippen LogP contribution in [0.3, 0.4) is 0 Å². The van der Waals surface area contributed by atoms with Crippen molar-refractivity contribution in [1.82, 2.24) is 0 Å². The number of aliphatic carboxylic acids is 2. The molecule has 0 aliphatic carbocycles. The summed E-state index contributed by atoms with van der Waals surface area (Å²) < 4.78 is 0. The molecule has 0 heterocycles. The number of allylic oxidation sites excluding steroid dienone is 2. The van der Waals surface area contributed by atoms with Crippen LogP contribution >= 0.6 is 0 Å². The van der Waals surface area contributed by atoms with Crippen LogP contribution < -0.4 is 5.73 Å². The van der Waals surface area contributed by atoms with Crippen LogP contribution in [0.1, 0.15) is 12.0 Å². The Bertz CT molecular complexity index is 633. The van der Waals surface area contributed by atoms with E-state index in [9.17, 15) is 19.7 Å². The summed E-state index contributed by atoms with van der Waals surface area (Å²) in [5, 5.41) is 28.1. The molecule has 0 fully saturated rings. The normalized spacial score (nSPS) is 13.0. The minimum atomic E-state index is -1.30. The molecule has 0 saturated heterocycles. The Hall–Kier alpha value is -3.00. The molecule has 1 aromatic carbocycles. The molecular formula is C14H14N2O6. The summed E-state index contributed by atoms with van der Waals surface area (Å²) in [4.78, 5) is 31.6. The highest BCUT2D eigenvalue weighted by Crippen LogP contribution is 2.13. The van der Waals surface area contributed by atoms with E-state index in [4.69, 9.17) is 15.9 Å². The lowest BCUT2D eigenvalue weighted by Gasteiger charge is -2.05. The quantitative estimate of drug-likeness (QED) is 0.299. The second-order valence-electron chi connectivity index (χ2n) is 4.35. The van der Waals surface area contributed by atoms with Gasteiger partial charge in [-0.1, -0.05) is 18.2 Å². The molecule has 0 aliphatic heterocycles. The number of nitro groups is 1. The van der Waals surface area contributed by atoms with E-state index in [2.05, 4.69) is 0 Å². The third kappa shape index (κ3) is 5.17. The number of nitro benzene ring substituents is 1. The number of benzene rings is 1. The zero-order valence-corrected chi connectivity index (χ0v) is 11.4. The lowest BCUT2D eigenvalue weighted by Crippen LogP contribution is -2.31. The van der Waals surface area contributed by atoms with Crippen LogP contribution in [0.25, 0.3) is 6.08 Å². The molecule has 0 unspecified atom stereocenters. The van der Waals surface area contributed by atoms with Gasteiger partial charge in [0, 0.05) is 24.1 Å². The third-order valence-corrected chi connectivity index (χ3v) is 2.72. The van der Waals surface area contributed by atoms with Crippen molar-refractivity contribution in [3.05, 3.63) is 57.7 Å². The van der Waals surface area contributed by atoms with E-state index >= 15 is 0 Å². The van der Waals surface area contributed by atoms with Crippen molar-refractivity contribution in [2.24, 2.45) is 5.73 Å². The maximum absolute atomic E-state index is 11.0. The molecule has 8 heteroatoms. The van der Waals surface area contributed by atoms with Crippen LogP contribution in [-0.4, -0.2) is 33.1 Å². The minimum Gasteiger partial charge on any atom is -0.480 e. The van der Waals surface area contributed by atoms with Crippen molar-refractivity contribution >= 4 is 23.7 Å². The number of carboxylic acid groups (broad SMARTS) is 2. The van der Waals surface area contributed by atoms with Crippen LogP contribution in [0.2, 0.25) is 0 Å². The molecule has 116 valence electrons. The van der Waals surface area contributed by atoms with E-state index in [1.165, 1.54) is 36.4 Å². The Morgan fingerprint density at radius 2 is 1.86 bits per heavy atom. The first kappa shape index (κ1) is 17.1. The molecule has 1 aromatic rings. The molecule has 8 nitrogen and oxygen atoms in total. The van der Waals surface area contributed by atoms with E-state index < -0.39 is 22.9 Å². The van der Waals surface area contributed by atoms with Gasteiger partial charge < -0.3 is 15.9 Å². The molecule has 1 rings (SSSR count). The Labute approximate surface area is 125 Å². The molecule has 0 aliphatic rings. The molecule has 0 saturated carbocycles. The molecule has 0 aromatic heterocycles. The summed E-state index contributed by atoms with van der Waals surface area (Å²) in [6, 6.07) is 4.36. The predicted octanol–water partition coefficient (Wildman–Crippen LogP) is 1.42. The average molecular weight is 306 g/mol. The summed E-state index contributed by atoms with van der Waals surface area (Å²) in [5.41, 5.74) is 5.73. The van der Waals surface area contributed by atoms with Gasteiger partial charge in [0.15, 0.2) is 0 Å². The van der Waals surface area contributed by atoms with E-state index in [0.29, 0.717) is 5.56 Å². The summed E-state index contributed by atoms with van der Waals surface area (Å²) in [7, 11) is 0. The minimum absolute atomic E-state index is 0.0497. The Kier molecular flexibility index (Phi) is 5.96. The van der Waals surface area contributed by atoms with E-state index in [0.717, 1.165) is 0 Å². The lowest BCUT2D eigenvalue weighted by molar-refractivity contribution is -0.384. The standard InChI is InChI=1S/C14H14N2O6/c15-12(14(19)20)8-10(13(17)18)3-1-2-9-4-6-11(7-5-9)16(21)22/h1-7,12H,8,15H2,(H,17,18)(H,19,20)/t12-/m0/s1. The summed E-state index contributed by atoms with van der Waals surface area (Å²) in [6.07, 6.45) is 3.89. The fourth-order valence-electron chi connectivity index (χ4n) is 1.53. The van der Waals surface area contributed by atoms with Gasteiger partial charge in [0.05, 0.1) is 4.92 Å². The zero-order chi connectivity index (χ0) is 16.7. The van der Waals surface area contributed by atoms with Crippen molar-refractivity contribution in [2.45, 2.75) is 12.5 Å². The number of hydrogen-bond acceptors (Lipinski definition) is 5. The Morgan fingerprint density at radius 3 is 2.32 bits per heavy atom. The van der Waals surface area contributed by atoms with Crippen molar-refractivity contribution in [3.8, 4) is 0 Å². The van der Waals surface area contributed by atoms with Gasteiger partial charge in [-0.3, -0.25) is 14.9 Å². The van der Waals surface area contributed by atoms with Gasteiger partial charge >= 0.3 is 11.9 Å². The van der Waals surface area contributed by atoms with E-state index in [-0.39, 0.29) is 17.7 Å². The van der Waals surface area contributed by atoms with Crippen LogP contribution in [0.15, 0.2) is 42.0 Å². The van der Waals surface area contributed by atoms with Gasteiger partial charge in [-0.05, 0) is 17.7 Å². The zero-order valence-electron chi connectivity index (χ0n) is 11.4. The molecule has 22 heavy (non-hydrogen) atoms. The highest BCUT2D eigenvalue weighted by Gasteiger charge is 2.17. The summed E-state index contributed by atoms with van der Waals surface area (Å²) in [6.45, 7) is 0. The molecule has 1 atom stereocenters. The molecule has 4 N–H and O–H groups in total. The number of nitrogens with two attached hydrogens (primary N) is 1. The fourth-order valence-corrected chi connectivity index (χ4v) is 1.53. The Morgan fingerprint density at radius 1 is 1.27 bits per heavy atom. The number of rotatable bonds is 7. The van der Waals surface area contributed by atoms with Gasteiger partial charge in [-0.2, -0.15) is 0 Å². The van der Waals surface area contributed by atoms with Crippen molar-refractivity contribution in [3.63, 3.8) is 0 Å². The average Bonchev–Trinajstić information content (AvgIpc) is 2.46. The van der Waals surface area contributed by atoms with Crippen molar-refractivity contribution < 1.29 is 24.7 Å². The third-order valence-electron chi connectivity index (χ3n) is 2.72. The number of carboxylic acids is 2. The first-order valence-corrected chi connectivity index (χ1v) is 6.14. The monoisotopic (exact) mass is 306 g/mol. The van der Waals surface area contributed by atoms with Crippen LogP contribution in [0, 0.1) is 10.1 Å². The fraction of sp³-hybridized carbons (Fsp3) is 0.143. The topological polar surface area (TPSA) is 144 Å². The van der Waals surface area contributed by atoms with Crippen LogP contribution in [0.4, 0.5) is 5.69 Å². The molecule has 0 bridgehead atoms. The Balaban J connectivity index is 2.83. The summed E-state index contributed by atoms with van der Waals surface area (Å²) in [5.74, 6) is -2.54. The van der Waals surface area contributed by atoms with E-state index in [1.54, 1.807) is 6.08 Å². The first-order chi connectivity index (χ1) is 10.3. The summed E-state index contributed by atoms with van der Waals surface area (Å²) >= 11 is 0. The van der Waals surface area contributed by atoms with Gasteiger partial charge in [0.1, 0.15) is 6.04 Å². The van der Waals surface area contributed by atoms with Crippen molar-refractivity contribution in [1.29, 1.82) is 0 Å². The molecule has 0 amide bonds. The highest BCUT2D eigenvalue weighted by atomic mass is 16.6. The first-order valence-electron chi connectivity index (χ1n) is 6.14. The maximum Gasteiger partial charge on any atom is 0.331 e. The smallest absolute Gasteiger partial charge is 0.331 e.